The largest absolute Gasteiger partial charge is 0.446 e. The summed E-state index contributed by atoms with van der Waals surface area (Å²) in [7, 11) is 0. The average molecular weight is 373 g/mol. The summed E-state index contributed by atoms with van der Waals surface area (Å²) in [5.41, 5.74) is 2.21. The van der Waals surface area contributed by atoms with Crippen LogP contribution in [0.5, 0.6) is 0 Å². The van der Waals surface area contributed by atoms with Crippen LogP contribution < -0.4 is 5.32 Å². The predicted octanol–water partition coefficient (Wildman–Crippen LogP) is 5.97. The van der Waals surface area contributed by atoms with Gasteiger partial charge in [-0.25, -0.2) is 0 Å². The summed E-state index contributed by atoms with van der Waals surface area (Å²) in [6, 6.07) is 13.2. The number of nitrogens with one attached hydrogen (secondary N) is 1. The maximum atomic E-state index is 12.9. The Morgan fingerprint density at radius 2 is 1.54 bits per heavy atom. The van der Waals surface area contributed by atoms with Gasteiger partial charge in [0.1, 0.15) is 0 Å². The van der Waals surface area contributed by atoms with E-state index in [9.17, 15) is 13.2 Å². The van der Waals surface area contributed by atoms with Gasteiger partial charge in [0, 0.05) is 4.90 Å². The first-order valence-corrected chi connectivity index (χ1v) is 9.43. The molecule has 1 nitrogen and oxygen atoms in total. The van der Waals surface area contributed by atoms with E-state index in [2.05, 4.69) is 23.5 Å². The highest BCUT2D eigenvalue weighted by Crippen LogP contribution is 2.42. The molecule has 1 aliphatic carbocycles. The Balaban J connectivity index is 1.92. The second kappa shape index (κ2) is 6.97. The fraction of sp³-hybridized carbons (Fsp3) is 0.238. The zero-order valence-electron chi connectivity index (χ0n) is 14.1. The van der Waals surface area contributed by atoms with Crippen LogP contribution in [0.25, 0.3) is 17.7 Å². The number of hydrogen-bond donors (Lipinski definition) is 1. The monoisotopic (exact) mass is 373 g/mol. The Morgan fingerprint density at radius 1 is 0.846 bits per heavy atom. The van der Waals surface area contributed by atoms with Gasteiger partial charge in [0.15, 0.2) is 0 Å². The van der Waals surface area contributed by atoms with Gasteiger partial charge < -0.3 is 5.32 Å². The minimum Gasteiger partial charge on any atom is -0.316 e. The lowest BCUT2D eigenvalue weighted by atomic mass is 9.86. The molecule has 0 radical (unpaired) electrons. The molecule has 134 valence electrons. The summed E-state index contributed by atoms with van der Waals surface area (Å²) in [6.45, 7) is 1.81. The summed E-state index contributed by atoms with van der Waals surface area (Å²) in [4.78, 5) is 0.232. The maximum absolute atomic E-state index is 12.9. The van der Waals surface area contributed by atoms with Crippen LogP contribution >= 0.6 is 11.8 Å². The van der Waals surface area contributed by atoms with Crippen molar-refractivity contribution in [3.05, 3.63) is 70.3 Å². The summed E-state index contributed by atoms with van der Waals surface area (Å²) in [5, 5.41) is 3.36. The smallest absolute Gasteiger partial charge is 0.316 e. The minimum atomic E-state index is -4.28. The van der Waals surface area contributed by atoms with Crippen molar-refractivity contribution in [2.24, 2.45) is 0 Å². The molecule has 2 aromatic carbocycles. The third-order valence-corrected chi connectivity index (χ3v) is 5.48. The lowest BCUT2D eigenvalue weighted by Gasteiger charge is -2.23. The van der Waals surface area contributed by atoms with Crippen molar-refractivity contribution in [1.82, 2.24) is 5.32 Å². The number of rotatable bonds is 1. The number of hydrogen-bond acceptors (Lipinski definition) is 2. The van der Waals surface area contributed by atoms with Crippen LogP contribution in [0.2, 0.25) is 0 Å². The van der Waals surface area contributed by atoms with Crippen LogP contribution in [0.4, 0.5) is 13.2 Å². The molecule has 0 atom stereocenters. The van der Waals surface area contributed by atoms with Crippen LogP contribution in [0, 0.1) is 0 Å². The zero-order chi connectivity index (χ0) is 18.1. The highest BCUT2D eigenvalue weighted by molar-refractivity contribution is 8.00. The first-order valence-electron chi connectivity index (χ1n) is 8.62. The lowest BCUT2D eigenvalue weighted by molar-refractivity contribution is -0.0328. The van der Waals surface area contributed by atoms with Gasteiger partial charge in [0.05, 0.1) is 0 Å². The molecule has 1 heterocycles. The molecular weight excluding hydrogens is 355 g/mol. The normalized spacial score (nSPS) is 16.9. The first-order chi connectivity index (χ1) is 12.5. The van der Waals surface area contributed by atoms with Crippen molar-refractivity contribution in [1.29, 1.82) is 0 Å². The highest BCUT2D eigenvalue weighted by Gasteiger charge is 2.30. The van der Waals surface area contributed by atoms with E-state index < -0.39 is 5.51 Å². The van der Waals surface area contributed by atoms with E-state index in [1.807, 2.05) is 18.2 Å². The van der Waals surface area contributed by atoms with Gasteiger partial charge in [-0.05, 0) is 77.7 Å². The molecule has 1 saturated heterocycles. The van der Waals surface area contributed by atoms with Crippen molar-refractivity contribution in [2.45, 2.75) is 23.2 Å². The van der Waals surface area contributed by atoms with Crippen molar-refractivity contribution >= 4 is 29.5 Å². The Labute approximate surface area is 155 Å². The third-order valence-electron chi connectivity index (χ3n) is 4.76. The second-order valence-corrected chi connectivity index (χ2v) is 7.58. The van der Waals surface area contributed by atoms with E-state index in [0.717, 1.165) is 53.8 Å². The second-order valence-electron chi connectivity index (χ2n) is 6.45. The van der Waals surface area contributed by atoms with Gasteiger partial charge in [0.25, 0.3) is 0 Å². The molecule has 0 spiro atoms. The van der Waals surface area contributed by atoms with Crippen LogP contribution in [0.3, 0.4) is 0 Å². The van der Waals surface area contributed by atoms with Gasteiger partial charge in [0.2, 0.25) is 0 Å². The van der Waals surface area contributed by atoms with Crippen molar-refractivity contribution in [2.75, 3.05) is 13.1 Å². The molecule has 26 heavy (non-hydrogen) atoms. The van der Waals surface area contributed by atoms with Crippen molar-refractivity contribution in [3.63, 3.8) is 0 Å². The molecule has 0 aromatic heterocycles. The molecule has 0 saturated carbocycles. The summed E-state index contributed by atoms with van der Waals surface area (Å²) < 4.78 is 38.6. The fourth-order valence-corrected chi connectivity index (χ4v) is 4.23. The molecule has 0 amide bonds. The Hall–Kier alpha value is -1.98. The van der Waals surface area contributed by atoms with E-state index >= 15 is 0 Å². The topological polar surface area (TPSA) is 12.0 Å². The quantitative estimate of drug-likeness (QED) is 0.528. The Bertz CT molecular complexity index is 888. The predicted molar refractivity (Wildman–Crippen MR) is 102 cm³/mol. The number of alkyl halides is 3. The van der Waals surface area contributed by atoms with E-state index in [0.29, 0.717) is 0 Å². The highest BCUT2D eigenvalue weighted by atomic mass is 32.2. The third kappa shape index (κ3) is 3.60. The van der Waals surface area contributed by atoms with Crippen molar-refractivity contribution < 1.29 is 13.2 Å². The van der Waals surface area contributed by atoms with E-state index in [1.165, 1.54) is 5.57 Å². The molecule has 1 aliphatic heterocycles. The van der Waals surface area contributed by atoms with E-state index in [1.54, 1.807) is 18.2 Å². The minimum absolute atomic E-state index is 0.0487. The van der Waals surface area contributed by atoms with Gasteiger partial charge >= 0.3 is 5.51 Å². The van der Waals surface area contributed by atoms with Gasteiger partial charge in [-0.15, -0.1) is 0 Å². The number of fused-ring (bicyclic) bond motifs is 2. The van der Waals surface area contributed by atoms with Crippen LogP contribution in [-0.4, -0.2) is 18.6 Å². The van der Waals surface area contributed by atoms with Crippen LogP contribution in [-0.2, 0) is 0 Å². The van der Waals surface area contributed by atoms with Gasteiger partial charge in [-0.1, -0.05) is 48.1 Å². The molecule has 1 N–H and O–H groups in total. The fourth-order valence-electron chi connectivity index (χ4n) is 3.65. The number of benzene rings is 2. The van der Waals surface area contributed by atoms with Crippen molar-refractivity contribution in [3.8, 4) is 0 Å². The SMILES string of the molecule is FC(F)(F)Sc1ccc2c(c1)C(=C1CCNCC1)c1ccccc1C=C2. The number of thioether (sulfide) groups is 1. The summed E-state index contributed by atoms with van der Waals surface area (Å²) in [5.74, 6) is 0. The first kappa shape index (κ1) is 17.4. The summed E-state index contributed by atoms with van der Waals surface area (Å²) >= 11 is -0.0487. The van der Waals surface area contributed by atoms with Crippen LogP contribution in [0.15, 0.2) is 52.9 Å². The summed E-state index contributed by atoms with van der Waals surface area (Å²) in [6.07, 6.45) is 5.89. The number of halogens is 3. The Kier molecular flexibility index (Phi) is 4.67. The molecular formula is C21H18F3NS. The lowest BCUT2D eigenvalue weighted by Crippen LogP contribution is -2.24. The molecule has 0 unspecified atom stereocenters. The average Bonchev–Trinajstić information content (AvgIpc) is 2.77. The molecule has 4 rings (SSSR count). The van der Waals surface area contributed by atoms with E-state index in [4.69, 9.17) is 0 Å². The number of piperidine rings is 1. The molecule has 2 aromatic rings. The molecule has 0 bridgehead atoms. The molecule has 5 heteroatoms. The standard InChI is InChI=1S/C21H18F3NS/c22-21(23,24)26-17-8-7-15-6-5-14-3-1-2-4-18(14)20(19(15)13-17)16-9-11-25-12-10-16/h1-8,13,25H,9-12H2. The molecule has 2 aliphatic rings. The zero-order valence-corrected chi connectivity index (χ0v) is 14.9. The van der Waals surface area contributed by atoms with Gasteiger partial charge in [-0.3, -0.25) is 0 Å². The van der Waals surface area contributed by atoms with E-state index in [-0.39, 0.29) is 16.7 Å². The maximum Gasteiger partial charge on any atom is 0.446 e. The molecule has 1 fully saturated rings. The van der Waals surface area contributed by atoms with Crippen LogP contribution in [0.1, 0.15) is 35.1 Å². The van der Waals surface area contributed by atoms with Gasteiger partial charge in [-0.2, -0.15) is 13.2 Å². The Morgan fingerprint density at radius 3 is 2.27 bits per heavy atom.